The minimum absolute atomic E-state index is 0.387. The normalized spacial score (nSPS) is 27.6. The summed E-state index contributed by atoms with van der Waals surface area (Å²) in [5.74, 6) is 2.75. The first kappa shape index (κ1) is 15.2. The number of aryl methyl sites for hydroxylation is 1. The molecule has 108 valence electrons. The lowest BCUT2D eigenvalue weighted by molar-refractivity contribution is 0.369. The molecule has 1 aromatic heterocycles. The Bertz CT molecular complexity index is 386. The molecule has 19 heavy (non-hydrogen) atoms. The Hall–Kier alpha value is -0.200. The van der Waals surface area contributed by atoms with Gasteiger partial charge in [0.1, 0.15) is 0 Å². The smallest absolute Gasteiger partial charge is 0.226 e. The van der Waals surface area contributed by atoms with Crippen molar-refractivity contribution in [2.24, 2.45) is 5.73 Å². The highest BCUT2D eigenvalue weighted by molar-refractivity contribution is 8.07. The van der Waals surface area contributed by atoms with Gasteiger partial charge in [-0.2, -0.15) is 16.7 Å². The molecule has 1 aliphatic rings. The number of aromatic nitrogens is 2. The van der Waals surface area contributed by atoms with Crippen LogP contribution in [0, 0.1) is 0 Å². The summed E-state index contributed by atoms with van der Waals surface area (Å²) in [5, 5.41) is 5.90. The van der Waals surface area contributed by atoms with Crippen molar-refractivity contribution in [3.8, 4) is 0 Å². The summed E-state index contributed by atoms with van der Waals surface area (Å²) < 4.78 is 5.35. The summed E-state index contributed by atoms with van der Waals surface area (Å²) in [6, 6.07) is 0. The van der Waals surface area contributed by atoms with Crippen LogP contribution in [0.3, 0.4) is 0 Å². The molecule has 2 rings (SSSR count). The van der Waals surface area contributed by atoms with Gasteiger partial charge in [0.15, 0.2) is 5.82 Å². The molecule has 2 heterocycles. The van der Waals surface area contributed by atoms with Gasteiger partial charge in [0, 0.05) is 22.7 Å². The molecule has 0 amide bonds. The van der Waals surface area contributed by atoms with Crippen LogP contribution in [-0.2, 0) is 6.42 Å². The third-order valence-electron chi connectivity index (χ3n) is 3.42. The number of unbranched alkanes of at least 4 members (excludes halogenated alkanes) is 2. The summed E-state index contributed by atoms with van der Waals surface area (Å²) in [6.45, 7) is 5.33. The van der Waals surface area contributed by atoms with Gasteiger partial charge in [0.25, 0.3) is 0 Å². The Labute approximate surface area is 123 Å². The van der Waals surface area contributed by atoms with Gasteiger partial charge in [-0.05, 0) is 19.4 Å². The maximum Gasteiger partial charge on any atom is 0.226 e. The van der Waals surface area contributed by atoms with Gasteiger partial charge in [-0.25, -0.2) is 0 Å². The van der Waals surface area contributed by atoms with E-state index in [0.29, 0.717) is 15.7 Å². The van der Waals surface area contributed by atoms with Crippen LogP contribution in [0.2, 0.25) is 0 Å². The minimum Gasteiger partial charge on any atom is -0.339 e. The Morgan fingerprint density at radius 2 is 2.11 bits per heavy atom. The lowest BCUT2D eigenvalue weighted by atomic mass is 10.2. The van der Waals surface area contributed by atoms with E-state index in [0.717, 1.165) is 49.7 Å². The summed E-state index contributed by atoms with van der Waals surface area (Å²) >= 11 is 3.98. The number of rotatable bonds is 6. The fourth-order valence-electron chi connectivity index (χ4n) is 2.02. The number of thioether (sulfide) groups is 2. The van der Waals surface area contributed by atoms with Crippen LogP contribution in [0.15, 0.2) is 4.52 Å². The van der Waals surface area contributed by atoms with Gasteiger partial charge in [0.2, 0.25) is 5.89 Å². The van der Waals surface area contributed by atoms with Crippen LogP contribution >= 0.6 is 23.5 Å². The highest BCUT2D eigenvalue weighted by atomic mass is 32.2. The van der Waals surface area contributed by atoms with E-state index in [1.54, 1.807) is 0 Å². The number of nitrogens with zero attached hydrogens (tertiary/aromatic N) is 2. The molecule has 1 aromatic rings. The van der Waals surface area contributed by atoms with Crippen molar-refractivity contribution >= 4 is 23.5 Å². The monoisotopic (exact) mass is 301 g/mol. The van der Waals surface area contributed by atoms with Crippen LogP contribution in [0.1, 0.15) is 50.1 Å². The van der Waals surface area contributed by atoms with E-state index in [9.17, 15) is 0 Å². The predicted molar refractivity (Wildman–Crippen MR) is 82.6 cm³/mol. The van der Waals surface area contributed by atoms with Gasteiger partial charge in [0.05, 0.1) is 5.25 Å². The van der Waals surface area contributed by atoms with Gasteiger partial charge in [-0.1, -0.05) is 25.4 Å². The van der Waals surface area contributed by atoms with E-state index in [4.69, 9.17) is 10.3 Å². The fraction of sp³-hybridized carbons (Fsp3) is 0.846. The van der Waals surface area contributed by atoms with Crippen LogP contribution in [0.5, 0.6) is 0 Å². The Morgan fingerprint density at radius 1 is 1.26 bits per heavy atom. The molecule has 4 nitrogen and oxygen atoms in total. The Balaban J connectivity index is 1.83. The van der Waals surface area contributed by atoms with E-state index in [1.165, 1.54) is 0 Å². The second-order valence-corrected chi connectivity index (χ2v) is 8.01. The second-order valence-electron chi connectivity index (χ2n) is 5.01. The van der Waals surface area contributed by atoms with Crippen LogP contribution in [-0.4, -0.2) is 32.9 Å². The predicted octanol–water partition coefficient (Wildman–Crippen LogP) is 3.04. The minimum atomic E-state index is 0.387. The van der Waals surface area contributed by atoms with Crippen molar-refractivity contribution in [2.75, 3.05) is 12.3 Å². The average Bonchev–Trinajstić information content (AvgIpc) is 2.87. The molecule has 3 atom stereocenters. The molecule has 0 aromatic carbocycles. The first-order valence-electron chi connectivity index (χ1n) is 7.00. The summed E-state index contributed by atoms with van der Waals surface area (Å²) in [7, 11) is 0. The fourth-order valence-corrected chi connectivity index (χ4v) is 4.85. The molecule has 1 aliphatic heterocycles. The number of nitrogens with two attached hydrogens (primary N) is 1. The van der Waals surface area contributed by atoms with Crippen LogP contribution in [0.25, 0.3) is 0 Å². The zero-order chi connectivity index (χ0) is 13.7. The van der Waals surface area contributed by atoms with E-state index < -0.39 is 0 Å². The van der Waals surface area contributed by atoms with Crippen molar-refractivity contribution in [1.29, 1.82) is 0 Å². The molecule has 1 saturated heterocycles. The van der Waals surface area contributed by atoms with Crippen molar-refractivity contribution in [2.45, 2.75) is 55.3 Å². The van der Waals surface area contributed by atoms with E-state index >= 15 is 0 Å². The average molecular weight is 301 g/mol. The van der Waals surface area contributed by atoms with Gasteiger partial charge in [-0.3, -0.25) is 0 Å². The molecule has 2 N–H and O–H groups in total. The summed E-state index contributed by atoms with van der Waals surface area (Å²) in [6.07, 6.45) is 4.17. The van der Waals surface area contributed by atoms with Crippen molar-refractivity contribution in [3.05, 3.63) is 11.7 Å². The number of hydrogen-bond acceptors (Lipinski definition) is 6. The molecule has 6 heteroatoms. The summed E-state index contributed by atoms with van der Waals surface area (Å²) in [4.78, 5) is 4.55. The van der Waals surface area contributed by atoms with Gasteiger partial charge in [-0.15, -0.1) is 11.8 Å². The molecule has 0 saturated carbocycles. The topological polar surface area (TPSA) is 64.9 Å². The largest absolute Gasteiger partial charge is 0.339 e. The lowest BCUT2D eigenvalue weighted by Crippen LogP contribution is -2.22. The zero-order valence-corrected chi connectivity index (χ0v) is 13.3. The van der Waals surface area contributed by atoms with E-state index in [1.807, 2.05) is 23.5 Å². The third kappa shape index (κ3) is 4.39. The SMILES string of the molecule is CC1SCC(c2noc(CCCCCN)n2)SC1C. The molecule has 0 bridgehead atoms. The van der Waals surface area contributed by atoms with Gasteiger partial charge < -0.3 is 10.3 Å². The molecule has 3 unspecified atom stereocenters. The number of hydrogen-bond donors (Lipinski definition) is 1. The van der Waals surface area contributed by atoms with Crippen molar-refractivity contribution in [3.63, 3.8) is 0 Å². The molecular weight excluding hydrogens is 278 g/mol. The Morgan fingerprint density at radius 3 is 2.84 bits per heavy atom. The molecule has 0 spiro atoms. The van der Waals surface area contributed by atoms with E-state index in [2.05, 4.69) is 24.0 Å². The summed E-state index contributed by atoms with van der Waals surface area (Å²) in [5.41, 5.74) is 5.48. The molecular formula is C13H23N3OS2. The lowest BCUT2D eigenvalue weighted by Gasteiger charge is -2.29. The molecule has 1 fully saturated rings. The molecule has 0 aliphatic carbocycles. The van der Waals surface area contributed by atoms with Crippen LogP contribution < -0.4 is 5.73 Å². The van der Waals surface area contributed by atoms with Crippen LogP contribution in [0.4, 0.5) is 0 Å². The maximum atomic E-state index is 5.48. The van der Waals surface area contributed by atoms with Gasteiger partial charge >= 0.3 is 0 Å². The zero-order valence-electron chi connectivity index (χ0n) is 11.7. The highest BCUT2D eigenvalue weighted by Crippen LogP contribution is 2.43. The molecule has 0 radical (unpaired) electrons. The van der Waals surface area contributed by atoms with E-state index in [-0.39, 0.29) is 0 Å². The standard InChI is InChI=1S/C13H23N3OS2/c1-9-10(2)19-11(8-18-9)13-15-12(17-16-13)6-4-3-5-7-14/h9-11H,3-8,14H2,1-2H3. The first-order valence-corrected chi connectivity index (χ1v) is 8.99. The second kappa shape index (κ2) is 7.55. The van der Waals surface area contributed by atoms with Crippen molar-refractivity contribution < 1.29 is 4.52 Å². The van der Waals surface area contributed by atoms with Crippen molar-refractivity contribution in [1.82, 2.24) is 10.1 Å². The highest BCUT2D eigenvalue weighted by Gasteiger charge is 2.29. The quantitative estimate of drug-likeness (QED) is 0.815. The Kier molecular flexibility index (Phi) is 6.04. The first-order chi connectivity index (χ1) is 9.20. The maximum absolute atomic E-state index is 5.48. The third-order valence-corrected chi connectivity index (χ3v) is 6.80.